The zero-order chi connectivity index (χ0) is 24.4. The molecule has 0 spiro atoms. The van der Waals surface area contributed by atoms with Gasteiger partial charge in [-0.05, 0) is 52.7 Å². The Bertz CT molecular complexity index is 1860. The minimum absolute atomic E-state index is 0.171. The molecule has 0 radical (unpaired) electrons. The van der Waals surface area contributed by atoms with Crippen LogP contribution < -0.4 is 0 Å². The first-order chi connectivity index (χ1) is 17.6. The van der Waals surface area contributed by atoms with Gasteiger partial charge >= 0.3 is 0 Å². The van der Waals surface area contributed by atoms with Gasteiger partial charge < -0.3 is 8.98 Å². The molecular weight excluding hydrogens is 448 g/mol. The molecule has 1 aliphatic rings. The topological polar surface area (TPSA) is 65.1 Å². The molecule has 0 saturated carbocycles. The maximum absolute atomic E-state index is 13.2. The van der Waals surface area contributed by atoms with E-state index in [1.807, 2.05) is 78.2 Å². The van der Waals surface area contributed by atoms with Gasteiger partial charge in [-0.3, -0.25) is 9.59 Å². The highest BCUT2D eigenvalue weighted by atomic mass is 16.3. The van der Waals surface area contributed by atoms with Crippen LogP contribution in [0, 0.1) is 0 Å². The van der Waals surface area contributed by atoms with Crippen LogP contribution in [0.25, 0.3) is 50.3 Å². The molecule has 0 aliphatic heterocycles. The summed E-state index contributed by atoms with van der Waals surface area (Å²) in [5.41, 5.74) is 4.04. The van der Waals surface area contributed by atoms with Crippen molar-refractivity contribution in [3.8, 4) is 11.5 Å². The number of hydrogen-bond donors (Lipinski definition) is 0. The Morgan fingerprint density at radius 1 is 0.778 bits per heavy atom. The average Bonchev–Trinajstić information content (AvgIpc) is 3.53. The molecule has 5 heteroatoms. The smallest absolute Gasteiger partial charge is 0.229 e. The lowest BCUT2D eigenvalue weighted by molar-refractivity contribution is 0.0990. The first-order valence-electron chi connectivity index (χ1n) is 11.9. The van der Waals surface area contributed by atoms with Crippen molar-refractivity contribution in [2.45, 2.75) is 13.5 Å². The summed E-state index contributed by atoms with van der Waals surface area (Å²) in [6, 6.07) is 27.4. The standard InChI is InChI=1S/C31H20N2O3/c1-2-33-21(16-26-28(34)24-14-19-9-3-4-10-20(19)15-25(24)29(26)35)17-27-30(33)32-31(36-27)23-13-7-11-18-8-5-6-12-22(18)23/h3-17H,2H2,1H3. The molecule has 0 atom stereocenters. The highest BCUT2D eigenvalue weighted by Gasteiger charge is 2.34. The molecule has 1 aliphatic carbocycles. The highest BCUT2D eigenvalue weighted by Crippen LogP contribution is 2.35. The van der Waals surface area contributed by atoms with Gasteiger partial charge in [0.1, 0.15) is 0 Å². The van der Waals surface area contributed by atoms with Crippen LogP contribution in [0.5, 0.6) is 0 Å². The summed E-state index contributed by atoms with van der Waals surface area (Å²) in [6.07, 6.45) is 1.67. The van der Waals surface area contributed by atoms with Crippen LogP contribution in [0.15, 0.2) is 94.9 Å². The zero-order valence-corrected chi connectivity index (χ0v) is 19.5. The van der Waals surface area contributed by atoms with Gasteiger partial charge in [-0.1, -0.05) is 60.7 Å². The molecule has 0 fully saturated rings. The van der Waals surface area contributed by atoms with E-state index in [1.54, 1.807) is 6.08 Å². The van der Waals surface area contributed by atoms with Gasteiger partial charge in [-0.25, -0.2) is 0 Å². The van der Waals surface area contributed by atoms with E-state index < -0.39 is 0 Å². The van der Waals surface area contributed by atoms with Crippen molar-refractivity contribution in [2.24, 2.45) is 0 Å². The second-order valence-electron chi connectivity index (χ2n) is 9.01. The first kappa shape index (κ1) is 20.6. The molecule has 0 amide bonds. The lowest BCUT2D eigenvalue weighted by Gasteiger charge is -2.04. The van der Waals surface area contributed by atoms with E-state index in [2.05, 4.69) is 18.2 Å². The van der Waals surface area contributed by atoms with Gasteiger partial charge in [0.2, 0.25) is 5.89 Å². The van der Waals surface area contributed by atoms with Crippen LogP contribution in [0.2, 0.25) is 0 Å². The van der Waals surface area contributed by atoms with E-state index in [0.717, 1.165) is 32.8 Å². The second-order valence-corrected chi connectivity index (χ2v) is 9.01. The lowest BCUT2D eigenvalue weighted by atomic mass is 10.0. The third-order valence-corrected chi connectivity index (χ3v) is 6.97. The number of oxazole rings is 1. The molecule has 6 aromatic rings. The Morgan fingerprint density at radius 2 is 1.42 bits per heavy atom. The summed E-state index contributed by atoms with van der Waals surface area (Å²) < 4.78 is 8.16. The van der Waals surface area contributed by atoms with E-state index in [9.17, 15) is 9.59 Å². The Kier molecular flexibility index (Phi) is 4.36. The molecule has 7 rings (SSSR count). The Hall–Kier alpha value is -4.77. The largest absolute Gasteiger partial charge is 0.434 e. The Balaban J connectivity index is 1.33. The quantitative estimate of drug-likeness (QED) is 0.206. The van der Waals surface area contributed by atoms with Crippen LogP contribution in [0.4, 0.5) is 0 Å². The van der Waals surface area contributed by atoms with Gasteiger partial charge in [-0.15, -0.1) is 0 Å². The van der Waals surface area contributed by atoms with Gasteiger partial charge in [0.15, 0.2) is 22.8 Å². The number of benzene rings is 4. The number of carbonyl (C=O) groups excluding carboxylic acids is 2. The molecular formula is C31H20N2O3. The predicted molar refractivity (Wildman–Crippen MR) is 141 cm³/mol. The predicted octanol–water partition coefficient (Wildman–Crippen LogP) is 7.09. The van der Waals surface area contributed by atoms with E-state index >= 15 is 0 Å². The number of carbonyl (C=O) groups is 2. The van der Waals surface area contributed by atoms with Crippen LogP contribution in [0.1, 0.15) is 33.3 Å². The van der Waals surface area contributed by atoms with E-state index in [0.29, 0.717) is 34.8 Å². The van der Waals surface area contributed by atoms with Gasteiger partial charge in [0.25, 0.3) is 0 Å². The monoisotopic (exact) mass is 468 g/mol. The summed E-state index contributed by atoms with van der Waals surface area (Å²) in [7, 11) is 0. The van der Waals surface area contributed by atoms with Crippen LogP contribution in [-0.4, -0.2) is 21.1 Å². The fourth-order valence-corrected chi connectivity index (χ4v) is 5.21. The van der Waals surface area contributed by atoms with Crippen LogP contribution in [-0.2, 0) is 6.54 Å². The van der Waals surface area contributed by atoms with Gasteiger partial charge in [-0.2, -0.15) is 4.98 Å². The van der Waals surface area contributed by atoms with Crippen LogP contribution in [0.3, 0.4) is 0 Å². The Labute approximate surface area is 206 Å². The fraction of sp³-hybridized carbons (Fsp3) is 0.0645. The van der Waals surface area contributed by atoms with Gasteiger partial charge in [0, 0.05) is 35.0 Å². The second kappa shape index (κ2) is 7.62. The molecule has 0 unspecified atom stereocenters. The number of nitrogens with zero attached hydrogens (tertiary/aromatic N) is 2. The molecule has 4 aromatic carbocycles. The van der Waals surface area contributed by atoms with E-state index in [1.165, 1.54) is 0 Å². The molecule has 36 heavy (non-hydrogen) atoms. The summed E-state index contributed by atoms with van der Waals surface area (Å²) in [4.78, 5) is 31.3. The van der Waals surface area contributed by atoms with Crippen molar-refractivity contribution in [3.05, 3.63) is 107 Å². The zero-order valence-electron chi connectivity index (χ0n) is 19.5. The number of aryl methyl sites for hydroxylation is 1. The van der Waals surface area contributed by atoms with Crippen molar-refractivity contribution in [2.75, 3.05) is 0 Å². The molecule has 5 nitrogen and oxygen atoms in total. The molecule has 0 saturated heterocycles. The van der Waals surface area contributed by atoms with Gasteiger partial charge in [0.05, 0.1) is 5.57 Å². The number of rotatable bonds is 3. The molecule has 0 bridgehead atoms. The summed E-state index contributed by atoms with van der Waals surface area (Å²) in [5.74, 6) is 0.0570. The third kappa shape index (κ3) is 2.93. The van der Waals surface area contributed by atoms with Crippen molar-refractivity contribution < 1.29 is 14.0 Å². The first-order valence-corrected chi connectivity index (χ1v) is 11.9. The number of fused-ring (bicyclic) bond motifs is 4. The number of allylic oxidation sites excluding steroid dienone is 1. The number of hydrogen-bond acceptors (Lipinski definition) is 4. The molecule has 172 valence electrons. The summed E-state index contributed by atoms with van der Waals surface area (Å²) >= 11 is 0. The number of aromatic nitrogens is 2. The average molecular weight is 469 g/mol. The Morgan fingerprint density at radius 3 is 2.11 bits per heavy atom. The summed E-state index contributed by atoms with van der Waals surface area (Å²) in [6.45, 7) is 2.62. The van der Waals surface area contributed by atoms with Crippen LogP contribution >= 0.6 is 0 Å². The number of ketones is 2. The maximum atomic E-state index is 13.2. The van der Waals surface area contributed by atoms with Crippen molar-refractivity contribution in [1.82, 2.24) is 9.55 Å². The van der Waals surface area contributed by atoms with E-state index in [4.69, 9.17) is 9.40 Å². The SMILES string of the molecule is CCn1c(C=C2C(=O)c3cc4ccccc4cc3C2=O)cc2oc(-c3cccc4ccccc34)nc21. The molecule has 0 N–H and O–H groups in total. The minimum atomic E-state index is -0.245. The normalized spacial score (nSPS) is 13.3. The third-order valence-electron chi connectivity index (χ3n) is 6.97. The van der Waals surface area contributed by atoms with Crippen molar-refractivity contribution in [1.29, 1.82) is 0 Å². The van der Waals surface area contributed by atoms with E-state index in [-0.39, 0.29) is 17.1 Å². The van der Waals surface area contributed by atoms with Crippen molar-refractivity contribution in [3.63, 3.8) is 0 Å². The minimum Gasteiger partial charge on any atom is -0.434 e. The number of Topliss-reactive ketones (excluding diaryl/α,β-unsaturated/α-hetero) is 2. The highest BCUT2D eigenvalue weighted by molar-refractivity contribution is 6.42. The molecule has 2 aromatic heterocycles. The molecule has 2 heterocycles. The fourth-order valence-electron chi connectivity index (χ4n) is 5.21. The van der Waals surface area contributed by atoms with Crippen molar-refractivity contribution >= 4 is 50.4 Å². The maximum Gasteiger partial charge on any atom is 0.229 e. The summed E-state index contributed by atoms with van der Waals surface area (Å²) in [5, 5.41) is 4.07. The lowest BCUT2D eigenvalue weighted by Crippen LogP contribution is -2.03.